The highest BCUT2D eigenvalue weighted by Crippen LogP contribution is 2.14. The van der Waals surface area contributed by atoms with Crippen molar-refractivity contribution in [1.82, 2.24) is 5.43 Å². The van der Waals surface area contributed by atoms with E-state index in [-0.39, 0.29) is 12.1 Å². The average Bonchev–Trinajstić information content (AvgIpc) is 2.32. The van der Waals surface area contributed by atoms with Gasteiger partial charge in [0.1, 0.15) is 11.6 Å². The molecule has 0 bridgehead atoms. The summed E-state index contributed by atoms with van der Waals surface area (Å²) in [7, 11) is 1.61. The van der Waals surface area contributed by atoms with Crippen LogP contribution in [0.1, 0.15) is 25.3 Å². The van der Waals surface area contributed by atoms with Crippen LogP contribution in [0.15, 0.2) is 18.2 Å². The first-order valence-corrected chi connectivity index (χ1v) is 6.04. The van der Waals surface area contributed by atoms with E-state index in [2.05, 4.69) is 5.43 Å². The number of hydrogen-bond donors (Lipinski definition) is 2. The molecule has 0 spiro atoms. The largest absolute Gasteiger partial charge is 0.380 e. The van der Waals surface area contributed by atoms with Crippen LogP contribution < -0.4 is 11.3 Å². The summed E-state index contributed by atoms with van der Waals surface area (Å²) in [5, 5.41) is 0. The quantitative estimate of drug-likeness (QED) is 0.582. The van der Waals surface area contributed by atoms with Crippen LogP contribution >= 0.6 is 0 Å². The van der Waals surface area contributed by atoms with Gasteiger partial charge in [0.05, 0.1) is 12.1 Å². The monoisotopic (exact) mass is 258 g/mol. The summed E-state index contributed by atoms with van der Waals surface area (Å²) in [6.07, 6.45) is 2.13. The van der Waals surface area contributed by atoms with Crippen LogP contribution in [-0.4, -0.2) is 19.3 Å². The fourth-order valence-electron chi connectivity index (χ4n) is 2.05. The third kappa shape index (κ3) is 4.33. The van der Waals surface area contributed by atoms with Gasteiger partial charge in [-0.1, -0.05) is 13.3 Å². The molecule has 0 aliphatic rings. The van der Waals surface area contributed by atoms with Crippen LogP contribution in [0.5, 0.6) is 0 Å². The van der Waals surface area contributed by atoms with E-state index < -0.39 is 11.6 Å². The van der Waals surface area contributed by atoms with Gasteiger partial charge in [-0.05, 0) is 30.5 Å². The molecule has 102 valence electrons. The lowest BCUT2D eigenvalue weighted by molar-refractivity contribution is 0.0609. The van der Waals surface area contributed by atoms with Gasteiger partial charge in [-0.15, -0.1) is 0 Å². The van der Waals surface area contributed by atoms with Crippen LogP contribution in [0, 0.1) is 11.6 Å². The molecule has 2 atom stereocenters. The van der Waals surface area contributed by atoms with Gasteiger partial charge in [0.25, 0.3) is 0 Å². The van der Waals surface area contributed by atoms with Crippen LogP contribution in [0.3, 0.4) is 0 Å². The molecule has 18 heavy (non-hydrogen) atoms. The lowest BCUT2D eigenvalue weighted by Crippen LogP contribution is -2.46. The van der Waals surface area contributed by atoms with Crippen molar-refractivity contribution >= 4 is 0 Å². The summed E-state index contributed by atoms with van der Waals surface area (Å²) in [5.41, 5.74) is 3.22. The molecule has 0 aliphatic heterocycles. The zero-order chi connectivity index (χ0) is 13.5. The minimum absolute atomic E-state index is 0.0775. The number of halogens is 2. The maximum atomic E-state index is 13.1. The molecule has 1 rings (SSSR count). The first-order chi connectivity index (χ1) is 8.60. The van der Waals surface area contributed by atoms with Crippen molar-refractivity contribution in [3.05, 3.63) is 35.4 Å². The Hall–Kier alpha value is -1.04. The number of methoxy groups -OCH3 is 1. The van der Waals surface area contributed by atoms with E-state index in [9.17, 15) is 8.78 Å². The number of nitrogens with one attached hydrogen (secondary N) is 1. The molecule has 0 radical (unpaired) electrons. The van der Waals surface area contributed by atoms with E-state index >= 15 is 0 Å². The van der Waals surface area contributed by atoms with Crippen LogP contribution in [-0.2, 0) is 11.2 Å². The van der Waals surface area contributed by atoms with Crippen LogP contribution in [0.4, 0.5) is 8.78 Å². The SMILES string of the molecule is CCCC(OC)C(Cc1cc(F)cc(F)c1)NN. The normalized spacial score (nSPS) is 14.5. The smallest absolute Gasteiger partial charge is 0.126 e. The van der Waals surface area contributed by atoms with Gasteiger partial charge in [0.2, 0.25) is 0 Å². The van der Waals surface area contributed by atoms with E-state index in [1.807, 2.05) is 6.92 Å². The second kappa shape index (κ2) is 7.41. The van der Waals surface area contributed by atoms with Gasteiger partial charge in [-0.25, -0.2) is 8.78 Å². The summed E-state index contributed by atoms with van der Waals surface area (Å²) in [5.74, 6) is 4.33. The van der Waals surface area contributed by atoms with Crippen molar-refractivity contribution in [1.29, 1.82) is 0 Å². The Morgan fingerprint density at radius 1 is 1.28 bits per heavy atom. The molecule has 5 heteroatoms. The highest BCUT2D eigenvalue weighted by atomic mass is 19.1. The van der Waals surface area contributed by atoms with E-state index in [1.54, 1.807) is 7.11 Å². The van der Waals surface area contributed by atoms with E-state index in [1.165, 1.54) is 12.1 Å². The first-order valence-electron chi connectivity index (χ1n) is 6.04. The van der Waals surface area contributed by atoms with E-state index in [0.29, 0.717) is 12.0 Å². The van der Waals surface area contributed by atoms with Gasteiger partial charge in [-0.2, -0.15) is 0 Å². The fourth-order valence-corrected chi connectivity index (χ4v) is 2.05. The zero-order valence-corrected chi connectivity index (χ0v) is 10.7. The topological polar surface area (TPSA) is 47.3 Å². The van der Waals surface area contributed by atoms with Crippen molar-refractivity contribution < 1.29 is 13.5 Å². The van der Waals surface area contributed by atoms with Gasteiger partial charge in [-0.3, -0.25) is 11.3 Å². The van der Waals surface area contributed by atoms with Crippen molar-refractivity contribution in [2.45, 2.75) is 38.3 Å². The molecular weight excluding hydrogens is 238 g/mol. The maximum Gasteiger partial charge on any atom is 0.126 e. The average molecular weight is 258 g/mol. The third-order valence-corrected chi connectivity index (χ3v) is 2.92. The summed E-state index contributed by atoms with van der Waals surface area (Å²) >= 11 is 0. The molecule has 2 unspecified atom stereocenters. The molecule has 0 saturated heterocycles. The number of nitrogens with two attached hydrogens (primary N) is 1. The molecule has 0 saturated carbocycles. The number of hydrazine groups is 1. The molecule has 1 aromatic carbocycles. The molecule has 0 aliphatic carbocycles. The molecular formula is C13H20F2N2O. The minimum atomic E-state index is -0.578. The number of ether oxygens (including phenoxy) is 1. The maximum absolute atomic E-state index is 13.1. The van der Waals surface area contributed by atoms with Crippen LogP contribution in [0.25, 0.3) is 0 Å². The summed E-state index contributed by atoms with van der Waals surface area (Å²) in [6.45, 7) is 2.04. The Kier molecular flexibility index (Phi) is 6.18. The van der Waals surface area contributed by atoms with Crippen molar-refractivity contribution in [2.24, 2.45) is 5.84 Å². The Balaban J connectivity index is 2.77. The summed E-state index contributed by atoms with van der Waals surface area (Å²) < 4.78 is 31.5. The highest BCUT2D eigenvalue weighted by molar-refractivity contribution is 5.19. The van der Waals surface area contributed by atoms with Gasteiger partial charge in [0, 0.05) is 13.2 Å². The standard InChI is InChI=1S/C13H20F2N2O/c1-3-4-13(18-2)12(17-16)7-9-5-10(14)8-11(15)6-9/h5-6,8,12-13,17H,3-4,7,16H2,1-2H3. The van der Waals surface area contributed by atoms with Gasteiger partial charge < -0.3 is 4.74 Å². The summed E-state index contributed by atoms with van der Waals surface area (Å²) in [4.78, 5) is 0. The van der Waals surface area contributed by atoms with E-state index in [0.717, 1.165) is 18.9 Å². The van der Waals surface area contributed by atoms with Crippen molar-refractivity contribution in [2.75, 3.05) is 7.11 Å². The molecule has 0 aromatic heterocycles. The predicted molar refractivity (Wildman–Crippen MR) is 66.9 cm³/mol. The Bertz CT molecular complexity index is 354. The predicted octanol–water partition coefficient (Wildman–Crippen LogP) is 2.15. The lowest BCUT2D eigenvalue weighted by Gasteiger charge is -2.25. The van der Waals surface area contributed by atoms with Crippen molar-refractivity contribution in [3.8, 4) is 0 Å². The molecule has 0 heterocycles. The Morgan fingerprint density at radius 2 is 1.89 bits per heavy atom. The first kappa shape index (κ1) is 15.0. The molecule has 3 N–H and O–H groups in total. The van der Waals surface area contributed by atoms with Crippen LogP contribution in [0.2, 0.25) is 0 Å². The second-order valence-corrected chi connectivity index (χ2v) is 4.32. The van der Waals surface area contributed by atoms with Crippen molar-refractivity contribution in [3.63, 3.8) is 0 Å². The molecule has 1 aromatic rings. The highest BCUT2D eigenvalue weighted by Gasteiger charge is 2.20. The van der Waals surface area contributed by atoms with Gasteiger partial charge in [0.15, 0.2) is 0 Å². The zero-order valence-electron chi connectivity index (χ0n) is 10.7. The van der Waals surface area contributed by atoms with Gasteiger partial charge >= 0.3 is 0 Å². The van der Waals surface area contributed by atoms with E-state index in [4.69, 9.17) is 10.6 Å². The minimum Gasteiger partial charge on any atom is -0.380 e. The number of rotatable bonds is 7. The third-order valence-electron chi connectivity index (χ3n) is 2.92. The fraction of sp³-hybridized carbons (Fsp3) is 0.538. The Morgan fingerprint density at radius 3 is 2.33 bits per heavy atom. The molecule has 0 fully saturated rings. The number of hydrogen-bond acceptors (Lipinski definition) is 3. The molecule has 3 nitrogen and oxygen atoms in total. The lowest BCUT2D eigenvalue weighted by atomic mass is 9.98. The molecule has 0 amide bonds. The Labute approximate surface area is 106 Å². The second-order valence-electron chi connectivity index (χ2n) is 4.32. The summed E-state index contributed by atoms with van der Waals surface area (Å²) in [6, 6.07) is 3.31. The number of benzene rings is 1.